The van der Waals surface area contributed by atoms with Crippen LogP contribution in [0.25, 0.3) is 0 Å². The molecule has 2 aliphatic heterocycles. The number of carbonyl (C=O) groups excluding carboxylic acids is 1. The van der Waals surface area contributed by atoms with Gasteiger partial charge in [0, 0.05) is 44.5 Å². The molecule has 170 valence electrons. The number of para-hydroxylation sites is 1. The molecular weight excluding hydrogens is 422 g/mol. The molecule has 9 nitrogen and oxygen atoms in total. The maximum atomic E-state index is 12.5. The van der Waals surface area contributed by atoms with E-state index >= 15 is 0 Å². The molecule has 0 unspecified atom stereocenters. The van der Waals surface area contributed by atoms with Crippen molar-refractivity contribution >= 4 is 17.4 Å². The quantitative estimate of drug-likeness (QED) is 0.614. The lowest BCUT2D eigenvalue weighted by atomic mass is 10.2. The molecule has 9 heteroatoms. The summed E-state index contributed by atoms with van der Waals surface area (Å²) in [5, 5.41) is 7.28. The molecule has 3 aromatic rings. The smallest absolute Gasteiger partial charge is 0.267 e. The molecule has 0 spiro atoms. The lowest BCUT2D eigenvalue weighted by molar-refractivity contribution is -0.122. The summed E-state index contributed by atoms with van der Waals surface area (Å²) in [4.78, 5) is 29.2. The van der Waals surface area contributed by atoms with Crippen molar-refractivity contribution in [1.29, 1.82) is 0 Å². The Labute approximate surface area is 191 Å². The number of carbonyl (C=O) groups is 1. The maximum absolute atomic E-state index is 12.5. The number of benzene rings is 2. The van der Waals surface area contributed by atoms with Gasteiger partial charge in [0.1, 0.15) is 12.4 Å². The number of nitrogens with one attached hydrogen (secondary N) is 1. The second kappa shape index (κ2) is 9.23. The van der Waals surface area contributed by atoms with Crippen molar-refractivity contribution in [3.63, 3.8) is 0 Å². The Hall–Kier alpha value is -4.01. The molecular formula is C24H25N5O4. The van der Waals surface area contributed by atoms with Gasteiger partial charge < -0.3 is 24.6 Å². The van der Waals surface area contributed by atoms with E-state index in [0.29, 0.717) is 23.9 Å². The minimum absolute atomic E-state index is 0.138. The van der Waals surface area contributed by atoms with Gasteiger partial charge in [-0.25, -0.2) is 4.68 Å². The second-order valence-electron chi connectivity index (χ2n) is 7.96. The molecule has 0 aliphatic carbocycles. The molecule has 33 heavy (non-hydrogen) atoms. The van der Waals surface area contributed by atoms with Crippen LogP contribution in [0.4, 0.5) is 11.5 Å². The van der Waals surface area contributed by atoms with Gasteiger partial charge in [-0.2, -0.15) is 5.10 Å². The Bertz CT molecular complexity index is 1190. The van der Waals surface area contributed by atoms with Gasteiger partial charge in [0.25, 0.3) is 5.56 Å². The Balaban J connectivity index is 1.18. The average Bonchev–Trinajstić information content (AvgIpc) is 3.33. The molecule has 1 fully saturated rings. The molecule has 5 rings (SSSR count). The maximum Gasteiger partial charge on any atom is 0.267 e. The monoisotopic (exact) mass is 447 g/mol. The third kappa shape index (κ3) is 4.77. The van der Waals surface area contributed by atoms with Crippen LogP contribution in [0.1, 0.15) is 5.56 Å². The minimum atomic E-state index is -0.306. The van der Waals surface area contributed by atoms with Crippen LogP contribution in [-0.4, -0.2) is 48.7 Å². The van der Waals surface area contributed by atoms with Crippen LogP contribution in [-0.2, 0) is 17.9 Å². The van der Waals surface area contributed by atoms with Crippen LogP contribution in [0, 0.1) is 0 Å². The SMILES string of the molecule is O=C(Cn1nc(N2CCN(c3ccccc3)CC2)ccc1=O)NCc1ccc2c(c1)OCO2. The van der Waals surface area contributed by atoms with Gasteiger partial charge in [0.05, 0.1) is 0 Å². The first-order valence-electron chi connectivity index (χ1n) is 10.9. The fourth-order valence-corrected chi connectivity index (χ4v) is 4.00. The third-order valence-electron chi connectivity index (χ3n) is 5.80. The third-order valence-corrected chi connectivity index (χ3v) is 5.80. The summed E-state index contributed by atoms with van der Waals surface area (Å²) in [7, 11) is 0. The van der Waals surface area contributed by atoms with E-state index in [-0.39, 0.29) is 24.8 Å². The number of anilines is 2. The highest BCUT2D eigenvalue weighted by molar-refractivity contribution is 5.75. The molecule has 0 saturated carbocycles. The van der Waals surface area contributed by atoms with Crippen molar-refractivity contribution in [3.8, 4) is 11.5 Å². The summed E-state index contributed by atoms with van der Waals surface area (Å²) in [6.45, 7) is 3.69. The van der Waals surface area contributed by atoms with Gasteiger partial charge in [0.2, 0.25) is 12.7 Å². The summed E-state index contributed by atoms with van der Waals surface area (Å²) in [6, 6.07) is 19.0. The van der Waals surface area contributed by atoms with Gasteiger partial charge in [-0.3, -0.25) is 9.59 Å². The van der Waals surface area contributed by atoms with Crippen LogP contribution < -0.4 is 30.1 Å². The number of aromatic nitrogens is 2. The van der Waals surface area contributed by atoms with Crippen LogP contribution >= 0.6 is 0 Å². The summed E-state index contributed by atoms with van der Waals surface area (Å²) >= 11 is 0. The standard InChI is InChI=1S/C24H25N5O4/c30-23(25-15-18-6-7-20-21(14-18)33-17-32-20)16-29-24(31)9-8-22(26-29)28-12-10-27(11-13-28)19-4-2-1-3-5-19/h1-9,14H,10-13,15-17H2,(H,25,30). The highest BCUT2D eigenvalue weighted by Crippen LogP contribution is 2.32. The van der Waals surface area contributed by atoms with E-state index < -0.39 is 0 Å². The van der Waals surface area contributed by atoms with Crippen molar-refractivity contribution in [1.82, 2.24) is 15.1 Å². The lowest BCUT2D eigenvalue weighted by Gasteiger charge is -2.36. The first-order chi connectivity index (χ1) is 16.2. The highest BCUT2D eigenvalue weighted by atomic mass is 16.7. The molecule has 1 amide bonds. The van der Waals surface area contributed by atoms with Crippen molar-refractivity contribution in [2.75, 3.05) is 42.8 Å². The van der Waals surface area contributed by atoms with Crippen LogP contribution in [0.3, 0.4) is 0 Å². The Morgan fingerprint density at radius 1 is 0.909 bits per heavy atom. The predicted molar refractivity (Wildman–Crippen MR) is 124 cm³/mol. The van der Waals surface area contributed by atoms with E-state index in [1.807, 2.05) is 36.4 Å². The molecule has 2 aromatic carbocycles. The molecule has 2 aliphatic rings. The Morgan fingerprint density at radius 3 is 2.48 bits per heavy atom. The molecule has 1 saturated heterocycles. The molecule has 0 atom stereocenters. The normalized spacial score (nSPS) is 14.9. The summed E-state index contributed by atoms with van der Waals surface area (Å²) in [5.74, 6) is 1.78. The number of fused-ring (bicyclic) bond motifs is 1. The van der Waals surface area contributed by atoms with Gasteiger partial charge >= 0.3 is 0 Å². The fourth-order valence-electron chi connectivity index (χ4n) is 4.00. The number of hydrogen-bond acceptors (Lipinski definition) is 7. The van der Waals surface area contributed by atoms with Crippen LogP contribution in [0.2, 0.25) is 0 Å². The predicted octanol–water partition coefficient (Wildman–Crippen LogP) is 1.61. The summed E-state index contributed by atoms with van der Waals surface area (Å²) < 4.78 is 11.9. The zero-order valence-corrected chi connectivity index (χ0v) is 18.1. The summed E-state index contributed by atoms with van der Waals surface area (Å²) in [5.41, 5.74) is 1.78. The zero-order valence-electron chi connectivity index (χ0n) is 18.1. The molecule has 1 aromatic heterocycles. The van der Waals surface area contributed by atoms with E-state index in [9.17, 15) is 9.59 Å². The number of ether oxygens (including phenoxy) is 2. The van der Waals surface area contributed by atoms with E-state index in [1.54, 1.807) is 6.07 Å². The van der Waals surface area contributed by atoms with Crippen molar-refractivity contribution < 1.29 is 14.3 Å². The fraction of sp³-hybridized carbons (Fsp3) is 0.292. The van der Waals surface area contributed by atoms with Gasteiger partial charge in [-0.05, 0) is 35.9 Å². The Morgan fingerprint density at radius 2 is 1.67 bits per heavy atom. The van der Waals surface area contributed by atoms with Crippen molar-refractivity contribution in [2.24, 2.45) is 0 Å². The lowest BCUT2D eigenvalue weighted by Crippen LogP contribution is -2.47. The van der Waals surface area contributed by atoms with E-state index in [4.69, 9.17) is 9.47 Å². The number of amides is 1. The van der Waals surface area contributed by atoms with Gasteiger partial charge in [0.15, 0.2) is 11.5 Å². The first-order valence-corrected chi connectivity index (χ1v) is 10.9. The van der Waals surface area contributed by atoms with E-state index in [0.717, 1.165) is 31.7 Å². The van der Waals surface area contributed by atoms with Crippen LogP contribution in [0.5, 0.6) is 11.5 Å². The molecule has 0 bridgehead atoms. The minimum Gasteiger partial charge on any atom is -0.454 e. The zero-order chi connectivity index (χ0) is 22.6. The van der Waals surface area contributed by atoms with E-state index in [2.05, 4.69) is 32.3 Å². The first kappa shape index (κ1) is 20.9. The van der Waals surface area contributed by atoms with Gasteiger partial charge in [-0.1, -0.05) is 24.3 Å². The van der Waals surface area contributed by atoms with Crippen molar-refractivity contribution in [2.45, 2.75) is 13.1 Å². The van der Waals surface area contributed by atoms with E-state index in [1.165, 1.54) is 16.4 Å². The van der Waals surface area contributed by atoms with Gasteiger partial charge in [-0.15, -0.1) is 0 Å². The van der Waals surface area contributed by atoms with Crippen LogP contribution in [0.15, 0.2) is 65.5 Å². The summed E-state index contributed by atoms with van der Waals surface area (Å²) in [6.07, 6.45) is 0. The number of rotatable bonds is 6. The second-order valence-corrected chi connectivity index (χ2v) is 7.96. The average molecular weight is 447 g/mol. The number of hydrogen-bond donors (Lipinski definition) is 1. The highest BCUT2D eigenvalue weighted by Gasteiger charge is 2.19. The topological polar surface area (TPSA) is 88.9 Å². The largest absolute Gasteiger partial charge is 0.454 e. The Kier molecular flexibility index (Phi) is 5.84. The molecule has 3 heterocycles. The number of piperazine rings is 1. The molecule has 1 N–H and O–H groups in total. The molecule has 0 radical (unpaired) electrons. The number of nitrogens with zero attached hydrogens (tertiary/aromatic N) is 4. The van der Waals surface area contributed by atoms with Crippen molar-refractivity contribution in [3.05, 3.63) is 76.6 Å².